The number of guanidine groups is 1. The number of hydrogen-bond acceptors (Lipinski definition) is 4. The van der Waals surface area contributed by atoms with Gasteiger partial charge in [0, 0.05) is 18.8 Å². The van der Waals surface area contributed by atoms with Crippen LogP contribution in [0.5, 0.6) is 11.5 Å². The Labute approximate surface area is 176 Å². The Balaban J connectivity index is 1.48. The van der Waals surface area contributed by atoms with E-state index < -0.39 is 0 Å². The van der Waals surface area contributed by atoms with E-state index in [2.05, 4.69) is 47.8 Å². The van der Waals surface area contributed by atoms with Crippen molar-refractivity contribution in [3.05, 3.63) is 71.0 Å². The third-order valence-electron chi connectivity index (χ3n) is 4.88. The number of aromatic nitrogens is 2. The van der Waals surface area contributed by atoms with Crippen molar-refractivity contribution < 1.29 is 9.47 Å². The van der Waals surface area contributed by atoms with E-state index in [4.69, 9.17) is 14.5 Å². The Bertz CT molecular complexity index is 1060. The second-order valence-electron chi connectivity index (χ2n) is 7.20. The second kappa shape index (κ2) is 8.90. The number of ether oxygens (including phenoxy) is 2. The lowest BCUT2D eigenvalue weighted by Gasteiger charge is -2.15. The molecule has 0 bridgehead atoms. The van der Waals surface area contributed by atoms with E-state index in [0.29, 0.717) is 13.1 Å². The number of nitrogens with one attached hydrogen (secondary N) is 2. The Morgan fingerprint density at radius 3 is 2.70 bits per heavy atom. The molecule has 2 aromatic carbocycles. The van der Waals surface area contributed by atoms with Crippen molar-refractivity contribution >= 4 is 5.96 Å². The van der Waals surface area contributed by atoms with Crippen molar-refractivity contribution in [2.75, 3.05) is 13.3 Å². The summed E-state index contributed by atoms with van der Waals surface area (Å²) in [6, 6.07) is 16.3. The van der Waals surface area contributed by atoms with E-state index in [1.54, 1.807) is 0 Å². The monoisotopic (exact) mass is 405 g/mol. The van der Waals surface area contributed by atoms with Crippen molar-refractivity contribution in [1.29, 1.82) is 0 Å². The second-order valence-corrected chi connectivity index (χ2v) is 7.20. The van der Waals surface area contributed by atoms with Gasteiger partial charge in [-0.3, -0.25) is 0 Å². The van der Waals surface area contributed by atoms with Crippen LogP contribution in [0.15, 0.2) is 53.5 Å². The van der Waals surface area contributed by atoms with Crippen molar-refractivity contribution in [3.63, 3.8) is 0 Å². The number of hydrogen-bond donors (Lipinski definition) is 2. The van der Waals surface area contributed by atoms with E-state index in [9.17, 15) is 0 Å². The lowest BCUT2D eigenvalue weighted by molar-refractivity contribution is 0.174. The molecule has 0 unspecified atom stereocenters. The van der Waals surface area contributed by atoms with Gasteiger partial charge in [-0.2, -0.15) is 5.10 Å². The summed E-state index contributed by atoms with van der Waals surface area (Å²) in [5.41, 5.74) is 5.41. The zero-order valence-corrected chi connectivity index (χ0v) is 17.6. The molecule has 1 aliphatic rings. The average Bonchev–Trinajstić information content (AvgIpc) is 3.35. The zero-order chi connectivity index (χ0) is 20.9. The minimum absolute atomic E-state index is 0.279. The molecule has 156 valence electrons. The highest BCUT2D eigenvalue weighted by molar-refractivity contribution is 5.79. The number of aliphatic imine (C=N–C) groups is 1. The van der Waals surface area contributed by atoms with Gasteiger partial charge in [0.15, 0.2) is 17.5 Å². The molecule has 0 saturated carbocycles. The zero-order valence-electron chi connectivity index (χ0n) is 17.6. The molecule has 0 saturated heterocycles. The van der Waals surface area contributed by atoms with Gasteiger partial charge in [0.1, 0.15) is 0 Å². The number of nitrogens with zero attached hydrogens (tertiary/aromatic N) is 3. The van der Waals surface area contributed by atoms with Crippen LogP contribution in [0.25, 0.3) is 5.69 Å². The summed E-state index contributed by atoms with van der Waals surface area (Å²) in [5, 5.41) is 11.4. The van der Waals surface area contributed by atoms with Crippen LogP contribution in [0.2, 0.25) is 0 Å². The van der Waals surface area contributed by atoms with Crippen molar-refractivity contribution in [2.24, 2.45) is 4.99 Å². The molecule has 30 heavy (non-hydrogen) atoms. The van der Waals surface area contributed by atoms with Gasteiger partial charge in [0.05, 0.1) is 17.9 Å². The van der Waals surface area contributed by atoms with Crippen LogP contribution in [0.3, 0.4) is 0 Å². The van der Waals surface area contributed by atoms with Gasteiger partial charge in [-0.25, -0.2) is 9.67 Å². The SMILES string of the molecule is CCNC(=NCc1ccc2c(c1)OCO2)NCc1ccccc1-n1nc(C)cc1C. The lowest BCUT2D eigenvalue weighted by Crippen LogP contribution is -2.37. The molecule has 1 aliphatic heterocycles. The Kier molecular flexibility index (Phi) is 5.88. The number of aryl methyl sites for hydroxylation is 2. The molecule has 0 radical (unpaired) electrons. The first-order chi connectivity index (χ1) is 14.6. The smallest absolute Gasteiger partial charge is 0.231 e. The van der Waals surface area contributed by atoms with Crippen LogP contribution < -0.4 is 20.1 Å². The van der Waals surface area contributed by atoms with Crippen LogP contribution >= 0.6 is 0 Å². The van der Waals surface area contributed by atoms with Crippen LogP contribution in [0.4, 0.5) is 0 Å². The fraction of sp³-hybridized carbons (Fsp3) is 0.304. The first-order valence-electron chi connectivity index (χ1n) is 10.2. The van der Waals surface area contributed by atoms with Crippen LogP contribution in [0, 0.1) is 13.8 Å². The number of para-hydroxylation sites is 1. The summed E-state index contributed by atoms with van der Waals surface area (Å²) < 4.78 is 12.8. The Morgan fingerprint density at radius 1 is 1.07 bits per heavy atom. The lowest BCUT2D eigenvalue weighted by atomic mass is 10.1. The van der Waals surface area contributed by atoms with E-state index >= 15 is 0 Å². The van der Waals surface area contributed by atoms with E-state index in [-0.39, 0.29) is 6.79 Å². The molecule has 0 fully saturated rings. The van der Waals surface area contributed by atoms with Gasteiger partial charge >= 0.3 is 0 Å². The average molecular weight is 406 g/mol. The van der Waals surface area contributed by atoms with Gasteiger partial charge in [-0.15, -0.1) is 0 Å². The molecule has 7 nitrogen and oxygen atoms in total. The number of benzene rings is 2. The highest BCUT2D eigenvalue weighted by Gasteiger charge is 2.13. The summed E-state index contributed by atoms with van der Waals surface area (Å²) in [6.45, 7) is 8.39. The maximum Gasteiger partial charge on any atom is 0.231 e. The molecule has 0 aliphatic carbocycles. The summed E-state index contributed by atoms with van der Waals surface area (Å²) in [7, 11) is 0. The minimum Gasteiger partial charge on any atom is -0.454 e. The molecule has 4 rings (SSSR count). The third-order valence-corrected chi connectivity index (χ3v) is 4.88. The van der Waals surface area contributed by atoms with Gasteiger partial charge in [-0.1, -0.05) is 24.3 Å². The molecule has 0 amide bonds. The quantitative estimate of drug-likeness (QED) is 0.485. The molecule has 7 heteroatoms. The summed E-state index contributed by atoms with van der Waals surface area (Å²) >= 11 is 0. The molecular formula is C23H27N5O2. The van der Waals surface area contributed by atoms with Crippen molar-refractivity contribution in [1.82, 2.24) is 20.4 Å². The summed E-state index contributed by atoms with van der Waals surface area (Å²) in [6.07, 6.45) is 0. The molecule has 3 aromatic rings. The number of fused-ring (bicyclic) bond motifs is 1. The molecular weight excluding hydrogens is 378 g/mol. The van der Waals surface area contributed by atoms with Gasteiger partial charge in [-0.05, 0) is 56.2 Å². The summed E-state index contributed by atoms with van der Waals surface area (Å²) in [4.78, 5) is 4.72. The normalized spacial score (nSPS) is 12.8. The Hall–Kier alpha value is -3.48. The first kappa shape index (κ1) is 19.8. The van der Waals surface area contributed by atoms with Gasteiger partial charge in [0.25, 0.3) is 0 Å². The van der Waals surface area contributed by atoms with Crippen LogP contribution in [-0.2, 0) is 13.1 Å². The molecule has 0 spiro atoms. The van der Waals surface area contributed by atoms with Crippen molar-refractivity contribution in [3.8, 4) is 17.2 Å². The topological polar surface area (TPSA) is 72.7 Å². The standard InChI is InChI=1S/C23H27N5O2/c1-4-24-23(25-13-18-9-10-21-22(12-18)30-15-29-21)26-14-19-7-5-6-8-20(19)28-17(3)11-16(2)27-28/h5-12H,4,13-15H2,1-3H3,(H2,24,25,26). The van der Waals surface area contributed by atoms with E-state index in [1.165, 1.54) is 0 Å². The highest BCUT2D eigenvalue weighted by Crippen LogP contribution is 2.32. The fourth-order valence-electron chi connectivity index (χ4n) is 3.47. The van der Waals surface area contributed by atoms with Crippen molar-refractivity contribution in [2.45, 2.75) is 33.9 Å². The predicted molar refractivity (Wildman–Crippen MR) is 117 cm³/mol. The van der Waals surface area contributed by atoms with Crippen LogP contribution in [-0.4, -0.2) is 29.1 Å². The fourth-order valence-corrected chi connectivity index (χ4v) is 3.47. The van der Waals surface area contributed by atoms with E-state index in [1.807, 2.05) is 41.9 Å². The minimum atomic E-state index is 0.279. The maximum absolute atomic E-state index is 5.46. The first-order valence-corrected chi connectivity index (χ1v) is 10.2. The predicted octanol–water partition coefficient (Wildman–Crippen LogP) is 3.47. The molecule has 0 atom stereocenters. The van der Waals surface area contributed by atoms with Crippen LogP contribution in [0.1, 0.15) is 29.4 Å². The van der Waals surface area contributed by atoms with Gasteiger partial charge < -0.3 is 20.1 Å². The van der Waals surface area contributed by atoms with E-state index in [0.717, 1.165) is 52.2 Å². The largest absolute Gasteiger partial charge is 0.454 e. The summed E-state index contributed by atoms with van der Waals surface area (Å²) in [5.74, 6) is 2.33. The molecule has 2 N–H and O–H groups in total. The maximum atomic E-state index is 5.46. The number of rotatable bonds is 6. The third kappa shape index (κ3) is 4.40. The highest BCUT2D eigenvalue weighted by atomic mass is 16.7. The Morgan fingerprint density at radius 2 is 1.90 bits per heavy atom. The molecule has 1 aromatic heterocycles. The molecule has 2 heterocycles. The van der Waals surface area contributed by atoms with Gasteiger partial charge in [0.2, 0.25) is 6.79 Å².